The first-order valence-corrected chi connectivity index (χ1v) is 11.9. The van der Waals surface area contributed by atoms with Gasteiger partial charge in [-0.2, -0.15) is 13.2 Å². The van der Waals surface area contributed by atoms with Crippen LogP contribution in [0.25, 0.3) is 10.6 Å². The summed E-state index contributed by atoms with van der Waals surface area (Å²) in [6, 6.07) is 4.74. The van der Waals surface area contributed by atoms with E-state index >= 15 is 0 Å². The van der Waals surface area contributed by atoms with Crippen LogP contribution >= 0.6 is 11.3 Å². The molecule has 0 bridgehead atoms. The van der Waals surface area contributed by atoms with Crippen LogP contribution in [0.5, 0.6) is 0 Å². The minimum atomic E-state index is -4.42. The molecule has 1 aliphatic heterocycles. The van der Waals surface area contributed by atoms with Crippen LogP contribution in [0.4, 0.5) is 13.2 Å². The van der Waals surface area contributed by atoms with Crippen molar-refractivity contribution in [3.8, 4) is 10.6 Å². The standard InChI is InChI=1S/C25H25F3N2O4S/c1-14-20(35-21(29-14)16-4-7-18(8-5-16)25(26,27)28)22(31)30-11-10-15-6-9-19(12-17(15)13-30)34-24(2,3)23(32)33/h4-9,12,15,17H,10-11,13H2,1-3H3,(H,32,33). The SMILES string of the molecule is Cc1nc(-c2ccc(C(F)(F)F)cc2)sc1C(=O)N1CCC2C=CC(OC(C)(C)C(=O)O)=CC2C1. The zero-order chi connectivity index (χ0) is 25.5. The number of carbonyl (C=O) groups is 2. The van der Waals surface area contributed by atoms with Crippen molar-refractivity contribution in [1.82, 2.24) is 9.88 Å². The van der Waals surface area contributed by atoms with Crippen LogP contribution in [-0.2, 0) is 15.7 Å². The fourth-order valence-corrected chi connectivity index (χ4v) is 5.19. The molecule has 1 aliphatic carbocycles. The summed E-state index contributed by atoms with van der Waals surface area (Å²) < 4.78 is 44.2. The van der Waals surface area contributed by atoms with Crippen LogP contribution in [0.1, 0.15) is 41.2 Å². The maximum Gasteiger partial charge on any atom is 0.416 e. The number of allylic oxidation sites excluding steroid dienone is 2. The van der Waals surface area contributed by atoms with Gasteiger partial charge in [0.1, 0.15) is 15.6 Å². The van der Waals surface area contributed by atoms with E-state index in [1.807, 2.05) is 12.2 Å². The van der Waals surface area contributed by atoms with Gasteiger partial charge in [-0.05, 0) is 57.4 Å². The Kier molecular flexibility index (Phi) is 6.52. The van der Waals surface area contributed by atoms with Crippen LogP contribution in [-0.4, -0.2) is 45.6 Å². The molecule has 1 fully saturated rings. The Morgan fingerprint density at radius 3 is 2.49 bits per heavy atom. The van der Waals surface area contributed by atoms with Crippen LogP contribution in [0.15, 0.2) is 48.3 Å². The number of hydrogen-bond donors (Lipinski definition) is 1. The number of hydrogen-bond acceptors (Lipinski definition) is 5. The number of piperidine rings is 1. The molecule has 1 saturated heterocycles. The summed E-state index contributed by atoms with van der Waals surface area (Å²) in [5, 5.41) is 9.81. The molecule has 2 unspecified atom stereocenters. The lowest BCUT2D eigenvalue weighted by Gasteiger charge is -2.38. The molecule has 186 valence electrons. The van der Waals surface area contributed by atoms with E-state index in [0.717, 1.165) is 18.6 Å². The number of aromatic nitrogens is 1. The number of carbonyl (C=O) groups excluding carboxylic acids is 1. The first-order valence-electron chi connectivity index (χ1n) is 11.1. The van der Waals surface area contributed by atoms with E-state index in [2.05, 4.69) is 4.98 Å². The number of carboxylic acids is 1. The summed E-state index contributed by atoms with van der Waals surface area (Å²) in [5.41, 5.74) is -1.06. The smallest absolute Gasteiger partial charge is 0.416 e. The first-order chi connectivity index (χ1) is 16.3. The summed E-state index contributed by atoms with van der Waals surface area (Å²) in [6.07, 6.45) is 2.00. The van der Waals surface area contributed by atoms with Crippen molar-refractivity contribution < 1.29 is 32.6 Å². The molecular formula is C25H25F3N2O4S. The number of aliphatic carboxylic acids is 1. The number of carboxylic acid groups (broad SMARTS) is 1. The summed E-state index contributed by atoms with van der Waals surface area (Å²) in [7, 11) is 0. The molecule has 1 amide bonds. The van der Waals surface area contributed by atoms with Crippen molar-refractivity contribution in [3.05, 3.63) is 64.4 Å². The fourth-order valence-electron chi connectivity index (χ4n) is 4.15. The number of halogens is 3. The lowest BCUT2D eigenvalue weighted by molar-refractivity contribution is -0.156. The van der Waals surface area contributed by atoms with Gasteiger partial charge in [-0.25, -0.2) is 9.78 Å². The second-order valence-corrected chi connectivity index (χ2v) is 10.2. The molecule has 2 heterocycles. The molecule has 2 aliphatic rings. The minimum Gasteiger partial charge on any atom is -0.478 e. The molecule has 10 heteroatoms. The van der Waals surface area contributed by atoms with Gasteiger partial charge in [0.2, 0.25) is 0 Å². The largest absolute Gasteiger partial charge is 0.478 e. The number of fused-ring (bicyclic) bond motifs is 1. The summed E-state index contributed by atoms with van der Waals surface area (Å²) in [6.45, 7) is 5.68. The summed E-state index contributed by atoms with van der Waals surface area (Å²) in [4.78, 5) is 31.3. The monoisotopic (exact) mass is 506 g/mol. The van der Waals surface area contributed by atoms with Gasteiger partial charge >= 0.3 is 12.1 Å². The van der Waals surface area contributed by atoms with Gasteiger partial charge in [-0.1, -0.05) is 18.2 Å². The van der Waals surface area contributed by atoms with Crippen molar-refractivity contribution in [2.45, 2.75) is 39.0 Å². The lowest BCUT2D eigenvalue weighted by Crippen LogP contribution is -2.43. The van der Waals surface area contributed by atoms with Crippen molar-refractivity contribution in [1.29, 1.82) is 0 Å². The molecule has 0 saturated carbocycles. The number of thiazole rings is 1. The van der Waals surface area contributed by atoms with Crippen LogP contribution < -0.4 is 0 Å². The van der Waals surface area contributed by atoms with Gasteiger partial charge in [0, 0.05) is 24.6 Å². The highest BCUT2D eigenvalue weighted by atomic mass is 32.1. The van der Waals surface area contributed by atoms with Gasteiger partial charge in [0.25, 0.3) is 5.91 Å². The molecule has 0 radical (unpaired) electrons. The van der Waals surface area contributed by atoms with E-state index in [1.165, 1.54) is 37.3 Å². The Balaban J connectivity index is 1.49. The quantitative estimate of drug-likeness (QED) is 0.575. The van der Waals surface area contributed by atoms with Gasteiger partial charge in [0.05, 0.1) is 11.3 Å². The highest BCUT2D eigenvalue weighted by Gasteiger charge is 2.35. The topological polar surface area (TPSA) is 79.7 Å². The molecule has 1 aromatic carbocycles. The third kappa shape index (κ3) is 5.27. The molecular weight excluding hydrogens is 481 g/mol. The molecule has 2 aromatic rings. The highest BCUT2D eigenvalue weighted by molar-refractivity contribution is 7.17. The molecule has 2 atom stereocenters. The van der Waals surface area contributed by atoms with Crippen molar-refractivity contribution in [2.75, 3.05) is 13.1 Å². The zero-order valence-electron chi connectivity index (χ0n) is 19.4. The normalized spacial score (nSPS) is 20.3. The number of aryl methyl sites for hydroxylation is 1. The Morgan fingerprint density at radius 1 is 1.17 bits per heavy atom. The second-order valence-electron chi connectivity index (χ2n) is 9.22. The Labute approximate surface area is 204 Å². The van der Waals surface area contributed by atoms with E-state index in [4.69, 9.17) is 4.74 Å². The van der Waals surface area contributed by atoms with Gasteiger partial charge in [0.15, 0.2) is 5.60 Å². The van der Waals surface area contributed by atoms with Gasteiger partial charge in [-0.15, -0.1) is 11.3 Å². The minimum absolute atomic E-state index is 0.0140. The zero-order valence-corrected chi connectivity index (χ0v) is 20.2. The molecule has 35 heavy (non-hydrogen) atoms. The van der Waals surface area contributed by atoms with E-state index < -0.39 is 23.3 Å². The predicted octanol–water partition coefficient (Wildman–Crippen LogP) is 5.55. The molecule has 0 spiro atoms. The maximum atomic E-state index is 13.3. The van der Waals surface area contributed by atoms with Crippen LogP contribution in [0.2, 0.25) is 0 Å². The Morgan fingerprint density at radius 2 is 1.86 bits per heavy atom. The summed E-state index contributed by atoms with van der Waals surface area (Å²) >= 11 is 1.17. The van der Waals surface area contributed by atoms with Crippen molar-refractivity contribution in [2.24, 2.45) is 11.8 Å². The number of nitrogens with zero attached hydrogens (tertiary/aromatic N) is 2. The van der Waals surface area contributed by atoms with Gasteiger partial charge < -0.3 is 14.7 Å². The fraction of sp³-hybridized carbons (Fsp3) is 0.400. The van der Waals surface area contributed by atoms with Gasteiger partial charge in [-0.3, -0.25) is 4.79 Å². The van der Waals surface area contributed by atoms with Crippen molar-refractivity contribution >= 4 is 23.2 Å². The number of rotatable bonds is 5. The highest BCUT2D eigenvalue weighted by Crippen LogP contribution is 2.36. The third-order valence-electron chi connectivity index (χ3n) is 6.22. The Bertz CT molecular complexity index is 1200. The van der Waals surface area contributed by atoms with E-state index in [1.54, 1.807) is 17.9 Å². The first kappa shape index (κ1) is 25.0. The van der Waals surface area contributed by atoms with Crippen molar-refractivity contribution in [3.63, 3.8) is 0 Å². The summed E-state index contributed by atoms with van der Waals surface area (Å²) in [5.74, 6) is -0.567. The molecule has 4 rings (SSSR count). The molecule has 1 aromatic heterocycles. The van der Waals surface area contributed by atoms with E-state index in [0.29, 0.717) is 40.0 Å². The molecule has 1 N–H and O–H groups in total. The van der Waals surface area contributed by atoms with Crippen LogP contribution in [0.3, 0.4) is 0 Å². The average molecular weight is 507 g/mol. The van der Waals surface area contributed by atoms with E-state index in [9.17, 15) is 27.9 Å². The van der Waals surface area contributed by atoms with E-state index in [-0.39, 0.29) is 17.7 Å². The number of likely N-dealkylation sites (tertiary alicyclic amines) is 1. The lowest BCUT2D eigenvalue weighted by atomic mass is 9.82. The number of ether oxygens (including phenoxy) is 1. The molecule has 6 nitrogen and oxygen atoms in total. The van der Waals surface area contributed by atoms with Crippen LogP contribution in [0, 0.1) is 18.8 Å². The Hall–Kier alpha value is -3.14. The number of alkyl halides is 3. The maximum absolute atomic E-state index is 13.3. The number of amides is 1. The predicted molar refractivity (Wildman–Crippen MR) is 125 cm³/mol. The third-order valence-corrected chi connectivity index (χ3v) is 7.42. The average Bonchev–Trinajstić information content (AvgIpc) is 3.18. The second kappa shape index (κ2) is 9.14. The number of benzene rings is 1.